The summed E-state index contributed by atoms with van der Waals surface area (Å²) in [7, 11) is 1.20. The number of methoxy groups -OCH3 is 1. The maximum Gasteiger partial charge on any atom is 0.340 e. The van der Waals surface area contributed by atoms with Crippen molar-refractivity contribution >= 4 is 103 Å². The molecule has 6 aliphatic rings. The lowest BCUT2D eigenvalue weighted by atomic mass is 9.88. The van der Waals surface area contributed by atoms with Gasteiger partial charge >= 0.3 is 11.9 Å². The van der Waals surface area contributed by atoms with Gasteiger partial charge in [-0.2, -0.15) is 5.10 Å². The van der Waals surface area contributed by atoms with E-state index >= 15 is 4.39 Å². The van der Waals surface area contributed by atoms with Gasteiger partial charge in [-0.1, -0.05) is 46.7 Å². The summed E-state index contributed by atoms with van der Waals surface area (Å²) in [6, 6.07) is 21.6. The lowest BCUT2D eigenvalue weighted by molar-refractivity contribution is -0.157. The number of rotatable bonds is 15. The molecule has 4 bridgehead atoms. The van der Waals surface area contributed by atoms with E-state index in [2.05, 4.69) is 15.4 Å². The van der Waals surface area contributed by atoms with E-state index in [0.29, 0.717) is 140 Å². The molecule has 25 heteroatoms. The number of nitrogens with one attached hydrogen (secondary N) is 2. The first kappa shape index (κ1) is 57.1. The molecule has 0 unspecified atom stereocenters. The fourth-order valence-electron chi connectivity index (χ4n) is 12.9. The number of hydrogen-bond donors (Lipinski definition) is 2. The third kappa shape index (κ3) is 10.9. The van der Waals surface area contributed by atoms with E-state index in [-0.39, 0.29) is 90.9 Å². The number of thiazole rings is 1. The number of nitrogens with zero attached hydrogens (tertiary/aromatic N) is 10. The molecule has 3 aromatic heterocycles. The van der Waals surface area contributed by atoms with Gasteiger partial charge in [0.15, 0.2) is 5.60 Å². The number of amides is 7. The predicted molar refractivity (Wildman–Crippen MR) is 313 cm³/mol. The quantitative estimate of drug-likeness (QED) is 0.0769. The minimum absolute atomic E-state index is 0.0187. The minimum Gasteiger partial charge on any atom is -0.477 e. The van der Waals surface area contributed by atoms with Crippen molar-refractivity contribution in [3.63, 3.8) is 0 Å². The first-order valence-electron chi connectivity index (χ1n) is 28.7. The topological polar surface area (TPSA) is 241 Å². The monoisotopic (exact) mass is 1200 g/mol. The highest BCUT2D eigenvalue weighted by molar-refractivity contribution is 7.22. The zero-order valence-electron chi connectivity index (χ0n) is 46.8. The first-order valence-corrected chi connectivity index (χ1v) is 29.9. The van der Waals surface area contributed by atoms with Crippen LogP contribution in [0.1, 0.15) is 63.0 Å². The molecular formula is C60H63ClFN12O10S+. The van der Waals surface area contributed by atoms with Gasteiger partial charge in [-0.15, -0.1) is 21.0 Å². The molecule has 442 valence electrons. The van der Waals surface area contributed by atoms with Gasteiger partial charge < -0.3 is 39.7 Å². The van der Waals surface area contributed by atoms with Crippen molar-refractivity contribution in [2.24, 2.45) is 5.92 Å². The van der Waals surface area contributed by atoms with Crippen molar-refractivity contribution in [1.82, 2.24) is 59.5 Å². The van der Waals surface area contributed by atoms with E-state index in [0.717, 1.165) is 22.2 Å². The zero-order valence-corrected chi connectivity index (χ0v) is 48.4. The average molecular weight is 1200 g/mol. The number of hydrogen-bond acceptors (Lipinski definition) is 14. The smallest absolute Gasteiger partial charge is 0.340 e. The number of carbonyl (C=O) groups excluding carboxylic acids is 8. The molecule has 0 saturated carbocycles. The SMILES string of the molecule is COC(=O)CNC(=O)CNC(=O)Cn1nc2c3c(cccc31)-c1cc3c(cnn3[N+]3(C(=O)CCC(=O)N4CCC(C(=O)N5CCN(C(=O)C6(Oc7ccccc7-c7nc8cccc(Cl)c8s7)CCN(C=O)CC6)CC5)CC4)CCC2CC3)cc1F. The third-order valence-corrected chi connectivity index (χ3v) is 19.2. The molecule has 4 saturated heterocycles. The van der Waals surface area contributed by atoms with Gasteiger partial charge in [0.1, 0.15) is 48.3 Å². The molecule has 0 radical (unpaired) electrons. The van der Waals surface area contributed by atoms with Crippen LogP contribution in [0, 0.1) is 11.7 Å². The molecule has 13 rings (SSSR count). The summed E-state index contributed by atoms with van der Waals surface area (Å²) in [6.45, 7) is 2.28. The van der Waals surface area contributed by atoms with E-state index < -0.39 is 29.2 Å². The highest BCUT2D eigenvalue weighted by atomic mass is 35.5. The van der Waals surface area contributed by atoms with Gasteiger partial charge in [0.2, 0.25) is 30.0 Å². The number of benzene rings is 4. The minimum atomic E-state index is -1.26. The van der Waals surface area contributed by atoms with Crippen molar-refractivity contribution in [1.29, 1.82) is 0 Å². The number of esters is 1. The number of ether oxygens (including phenoxy) is 2. The molecule has 0 spiro atoms. The summed E-state index contributed by atoms with van der Waals surface area (Å²) < 4.78 is 29.9. The van der Waals surface area contributed by atoms with Crippen molar-refractivity contribution in [2.45, 2.75) is 69.4 Å². The van der Waals surface area contributed by atoms with Crippen LogP contribution in [0.15, 0.2) is 79.0 Å². The normalized spacial score (nSPS) is 19.4. The summed E-state index contributed by atoms with van der Waals surface area (Å²) in [4.78, 5) is 120. The van der Waals surface area contributed by atoms with Crippen molar-refractivity contribution in [2.75, 3.05) is 85.6 Å². The fraction of sp³-hybridized carbons (Fsp3) is 0.417. The van der Waals surface area contributed by atoms with E-state index in [1.165, 1.54) is 24.5 Å². The van der Waals surface area contributed by atoms with Gasteiger partial charge in [0.05, 0.1) is 58.3 Å². The summed E-state index contributed by atoms with van der Waals surface area (Å²) in [6.07, 6.45) is 4.65. The van der Waals surface area contributed by atoms with Gasteiger partial charge in [-0.05, 0) is 60.9 Å². The Morgan fingerprint density at radius 3 is 2.25 bits per heavy atom. The van der Waals surface area contributed by atoms with Crippen LogP contribution in [0.2, 0.25) is 5.02 Å². The highest BCUT2D eigenvalue weighted by Crippen LogP contribution is 2.44. The molecule has 4 fully saturated rings. The predicted octanol–water partition coefficient (Wildman–Crippen LogP) is 5.14. The number of fused-ring (bicyclic) bond motifs is 3. The summed E-state index contributed by atoms with van der Waals surface area (Å²) >= 11 is 7.97. The van der Waals surface area contributed by atoms with E-state index in [1.54, 1.807) is 47.4 Å². The van der Waals surface area contributed by atoms with E-state index in [1.807, 2.05) is 54.6 Å². The van der Waals surface area contributed by atoms with Crippen LogP contribution in [-0.2, 0) is 49.6 Å². The van der Waals surface area contributed by atoms with Crippen LogP contribution in [0.5, 0.6) is 5.75 Å². The molecular weight excluding hydrogens is 1140 g/mol. The Balaban J connectivity index is 0.674. The number of quaternary nitrogens is 1. The van der Waals surface area contributed by atoms with E-state index in [4.69, 9.17) is 31.5 Å². The van der Waals surface area contributed by atoms with Gasteiger partial charge in [-0.3, -0.25) is 38.2 Å². The van der Waals surface area contributed by atoms with Crippen LogP contribution in [0.25, 0.3) is 53.7 Å². The number of piperidine rings is 3. The van der Waals surface area contributed by atoms with Gasteiger partial charge in [-0.25, -0.2) is 14.2 Å². The number of carbonyl (C=O) groups is 8. The summed E-state index contributed by atoms with van der Waals surface area (Å²) in [5.41, 5.74) is 2.85. The summed E-state index contributed by atoms with van der Waals surface area (Å²) in [5.74, 6) is -2.86. The average Bonchev–Trinajstić information content (AvgIpc) is 1.91. The number of likely N-dealkylation sites (tertiary alicyclic amines) is 2. The Labute approximate surface area is 496 Å². The molecule has 7 amide bonds. The lowest BCUT2D eigenvalue weighted by Gasteiger charge is -2.45. The van der Waals surface area contributed by atoms with Crippen LogP contribution in [-0.4, -0.2) is 183 Å². The molecule has 7 aromatic rings. The molecule has 9 heterocycles. The van der Waals surface area contributed by atoms with Gasteiger partial charge in [0, 0.05) is 113 Å². The van der Waals surface area contributed by atoms with Crippen LogP contribution < -0.4 is 20.0 Å². The molecule has 85 heavy (non-hydrogen) atoms. The molecule has 2 N–H and O–H groups in total. The molecule has 4 aromatic carbocycles. The maximum absolute atomic E-state index is 16.3. The van der Waals surface area contributed by atoms with Crippen LogP contribution in [0.3, 0.4) is 0 Å². The molecule has 22 nitrogen and oxygen atoms in total. The molecule has 0 aliphatic carbocycles. The number of piperazine rings is 1. The third-order valence-electron chi connectivity index (χ3n) is 17.6. The van der Waals surface area contributed by atoms with Crippen molar-refractivity contribution in [3.8, 4) is 27.4 Å². The van der Waals surface area contributed by atoms with Crippen molar-refractivity contribution < 1.29 is 52.2 Å². The Morgan fingerprint density at radius 1 is 0.788 bits per heavy atom. The van der Waals surface area contributed by atoms with E-state index in [9.17, 15) is 38.4 Å². The summed E-state index contributed by atoms with van der Waals surface area (Å²) in [5, 5.41) is 17.1. The molecule has 6 aliphatic heterocycles. The van der Waals surface area contributed by atoms with Crippen molar-refractivity contribution in [3.05, 3.63) is 95.5 Å². The number of aromatic nitrogens is 5. The standard InChI is InChI=1S/C60H62ClFN12O10S/c1-83-53(80)34-64-49(76)33-63-50(77)35-72-46-10-4-7-40-42-31-47-39(30-44(42)62)32-65-73(47)74(28-16-37(17-29-74)55(67-72)54(40)46)52(79)13-12-51(78)69-20-14-38(15-21-69)58(81)70-24-26-71(27-25-70)59(82)60(18-22-68(36-75)23-19-60)84-48-11-3-2-6-41(48)57-66-45-9-5-8-43(61)56(45)85-57/h2-11,30-32,36-38H,12-29,33-35H2,1H3,(H-,63,64,76,77)/p+1. The largest absolute Gasteiger partial charge is 0.477 e. The number of para-hydroxylation sites is 1. The highest BCUT2D eigenvalue weighted by Gasteiger charge is 2.49. The maximum atomic E-state index is 16.3. The second-order valence-corrected chi connectivity index (χ2v) is 23.9. The Bertz CT molecular complexity index is 3820. The number of halogens is 2. The first-order chi connectivity index (χ1) is 41.1. The Kier molecular flexibility index (Phi) is 15.9. The Hall–Kier alpha value is -8.35. The zero-order chi connectivity index (χ0) is 59.1. The molecule has 0 atom stereocenters. The van der Waals surface area contributed by atoms with Gasteiger partial charge in [0.25, 0.3) is 5.91 Å². The second-order valence-electron chi connectivity index (χ2n) is 22.4. The lowest BCUT2D eigenvalue weighted by Crippen LogP contribution is -2.65. The Morgan fingerprint density at radius 2 is 1.51 bits per heavy atom. The second kappa shape index (κ2) is 23.6. The fourth-order valence-corrected chi connectivity index (χ4v) is 14.2. The van der Waals surface area contributed by atoms with Crippen LogP contribution >= 0.6 is 22.9 Å². The van der Waals surface area contributed by atoms with Crippen LogP contribution in [0.4, 0.5) is 4.39 Å².